The van der Waals surface area contributed by atoms with Crippen LogP contribution in [-0.2, 0) is 16.1 Å². The van der Waals surface area contributed by atoms with Gasteiger partial charge in [-0.15, -0.1) is 11.3 Å². The van der Waals surface area contributed by atoms with Crippen LogP contribution in [0.5, 0.6) is 0 Å². The van der Waals surface area contributed by atoms with Gasteiger partial charge in [-0.2, -0.15) is 0 Å². The van der Waals surface area contributed by atoms with E-state index in [4.69, 9.17) is 11.6 Å². The number of aromatic nitrogens is 1. The van der Waals surface area contributed by atoms with Crippen LogP contribution < -0.4 is 16.9 Å². The molecule has 10 heteroatoms. The van der Waals surface area contributed by atoms with Gasteiger partial charge in [-0.05, 0) is 49.7 Å². The zero-order valence-electron chi connectivity index (χ0n) is 22.6. The normalized spacial score (nSPS) is 23.1. The number of aliphatic hydroxyl groups excluding tert-OH is 1. The summed E-state index contributed by atoms with van der Waals surface area (Å²) in [5, 5.41) is 15.0. The number of hydrazine groups is 1. The Kier molecular flexibility index (Phi) is 8.54. The third kappa shape index (κ3) is 6.45. The standard InChI is InChI=1S/C29H40N6O3S/c1-18-27(39-17-33-18)22-9-7-19(8-10-22)14-32-28(37)25-13-23(36)15-34(25)29(38)26(21-5-3-2-4-6-21)35(31)16-24(30)20-11-12-20/h7-10,16-17,20-21,23,25-26,36H,2-6,11-15,30-31H2,1H3,(H,32,37)/b24-16-/t23-,25+,26?/m1/s1. The van der Waals surface area contributed by atoms with Crippen molar-refractivity contribution in [3.63, 3.8) is 0 Å². The van der Waals surface area contributed by atoms with E-state index in [-0.39, 0.29) is 30.7 Å². The third-order valence-corrected chi connectivity index (χ3v) is 9.29. The number of likely N-dealkylation sites (tertiary alicyclic amines) is 1. The van der Waals surface area contributed by atoms with Gasteiger partial charge >= 0.3 is 0 Å². The second-order valence-corrected chi connectivity index (χ2v) is 12.1. The maximum Gasteiger partial charge on any atom is 0.247 e. The number of nitrogens with two attached hydrogens (primary N) is 2. The monoisotopic (exact) mass is 552 g/mol. The Morgan fingerprint density at radius 3 is 2.56 bits per heavy atom. The van der Waals surface area contributed by atoms with Gasteiger partial charge in [0.2, 0.25) is 11.8 Å². The molecule has 2 saturated carbocycles. The van der Waals surface area contributed by atoms with Crippen molar-refractivity contribution in [3.8, 4) is 10.4 Å². The zero-order chi connectivity index (χ0) is 27.5. The van der Waals surface area contributed by atoms with E-state index in [1.54, 1.807) is 17.5 Å². The average molecular weight is 553 g/mol. The number of hydrogen-bond donors (Lipinski definition) is 4. The molecule has 2 heterocycles. The van der Waals surface area contributed by atoms with Crippen LogP contribution in [0.1, 0.15) is 62.6 Å². The number of allylic oxidation sites excluding steroid dienone is 1. The number of nitrogens with zero attached hydrogens (tertiary/aromatic N) is 3. The Bertz CT molecular complexity index is 1190. The van der Waals surface area contributed by atoms with Crippen LogP contribution in [0.4, 0.5) is 0 Å². The second kappa shape index (κ2) is 12.1. The van der Waals surface area contributed by atoms with Gasteiger partial charge in [0.05, 0.1) is 22.2 Å². The number of aliphatic hydroxyl groups is 1. The first kappa shape index (κ1) is 27.6. The van der Waals surface area contributed by atoms with Gasteiger partial charge in [0, 0.05) is 37.3 Å². The maximum absolute atomic E-state index is 14.0. The van der Waals surface area contributed by atoms with E-state index >= 15 is 0 Å². The number of amides is 2. The highest BCUT2D eigenvalue weighted by Gasteiger charge is 2.44. The molecule has 9 nitrogen and oxygen atoms in total. The van der Waals surface area contributed by atoms with Crippen LogP contribution in [0.3, 0.4) is 0 Å². The topological polar surface area (TPSA) is 138 Å². The molecule has 0 bridgehead atoms. The molecular formula is C29H40N6O3S. The number of rotatable bonds is 9. The molecule has 2 aromatic rings. The lowest BCUT2D eigenvalue weighted by Gasteiger charge is -2.38. The number of thiazole rings is 1. The molecular weight excluding hydrogens is 512 g/mol. The minimum Gasteiger partial charge on any atom is -0.401 e. The summed E-state index contributed by atoms with van der Waals surface area (Å²) in [7, 11) is 0. The fourth-order valence-electron chi connectivity index (χ4n) is 5.93. The van der Waals surface area contributed by atoms with E-state index in [2.05, 4.69) is 10.3 Å². The first-order valence-electron chi connectivity index (χ1n) is 14.1. The average Bonchev–Trinajstić information content (AvgIpc) is 3.59. The van der Waals surface area contributed by atoms with E-state index in [9.17, 15) is 14.7 Å². The van der Waals surface area contributed by atoms with E-state index in [0.29, 0.717) is 18.2 Å². The van der Waals surface area contributed by atoms with Crippen LogP contribution in [0, 0.1) is 18.8 Å². The number of benzene rings is 1. The molecule has 3 aliphatic rings. The number of carbonyl (C=O) groups is 2. The summed E-state index contributed by atoms with van der Waals surface area (Å²) in [5.74, 6) is 6.45. The molecule has 0 spiro atoms. The molecule has 1 aromatic carbocycles. The van der Waals surface area contributed by atoms with Crippen molar-refractivity contribution in [2.24, 2.45) is 23.4 Å². The molecule has 6 N–H and O–H groups in total. The van der Waals surface area contributed by atoms with Gasteiger partial charge < -0.3 is 26.1 Å². The fourth-order valence-corrected chi connectivity index (χ4v) is 6.74. The number of hydrogen-bond acceptors (Lipinski definition) is 8. The van der Waals surface area contributed by atoms with Crippen molar-refractivity contribution >= 4 is 23.2 Å². The Morgan fingerprint density at radius 2 is 1.92 bits per heavy atom. The first-order chi connectivity index (χ1) is 18.8. The quantitative estimate of drug-likeness (QED) is 0.277. The molecule has 5 rings (SSSR count). The maximum atomic E-state index is 14.0. The minimum atomic E-state index is -0.753. The summed E-state index contributed by atoms with van der Waals surface area (Å²) in [6.07, 6.45) is 8.35. The van der Waals surface area contributed by atoms with Crippen molar-refractivity contribution in [1.82, 2.24) is 20.2 Å². The number of aryl methyl sites for hydroxylation is 1. The molecule has 1 aromatic heterocycles. The number of β-amino-alcohol motifs (C(OH)–C–C–N with tert-alkyl or cyclic N) is 1. The highest BCUT2D eigenvalue weighted by atomic mass is 32.1. The Labute approximate surface area is 234 Å². The smallest absolute Gasteiger partial charge is 0.247 e. The van der Waals surface area contributed by atoms with E-state index < -0.39 is 18.2 Å². The van der Waals surface area contributed by atoms with Crippen molar-refractivity contribution in [1.29, 1.82) is 0 Å². The van der Waals surface area contributed by atoms with Gasteiger partial charge in [0.15, 0.2) is 0 Å². The molecule has 3 atom stereocenters. The van der Waals surface area contributed by atoms with Crippen LogP contribution in [-0.4, -0.2) is 56.5 Å². The highest BCUT2D eigenvalue weighted by Crippen LogP contribution is 2.35. The largest absolute Gasteiger partial charge is 0.401 e. The van der Waals surface area contributed by atoms with Crippen molar-refractivity contribution in [2.45, 2.75) is 83.0 Å². The number of nitrogens with one attached hydrogen (secondary N) is 1. The van der Waals surface area contributed by atoms with E-state index in [0.717, 1.165) is 66.6 Å². The third-order valence-electron chi connectivity index (χ3n) is 8.31. The van der Waals surface area contributed by atoms with Crippen LogP contribution >= 0.6 is 11.3 Å². The lowest BCUT2D eigenvalue weighted by molar-refractivity contribution is -0.144. The lowest BCUT2D eigenvalue weighted by atomic mass is 9.83. The summed E-state index contributed by atoms with van der Waals surface area (Å²) < 4.78 is 0. The zero-order valence-corrected chi connectivity index (χ0v) is 23.4. The van der Waals surface area contributed by atoms with Crippen molar-refractivity contribution < 1.29 is 14.7 Å². The Balaban J connectivity index is 1.27. The Hall–Kier alpha value is -2.95. The summed E-state index contributed by atoms with van der Waals surface area (Å²) >= 11 is 1.60. The van der Waals surface area contributed by atoms with Crippen LogP contribution in [0.15, 0.2) is 41.7 Å². The molecule has 1 aliphatic heterocycles. The summed E-state index contributed by atoms with van der Waals surface area (Å²) in [6.45, 7) is 2.45. The molecule has 39 heavy (non-hydrogen) atoms. The SMILES string of the molecule is Cc1ncsc1-c1ccc(CNC(=O)[C@@H]2C[C@@H](O)CN2C(=O)C(C2CCCCC2)N(N)/C=C(\N)C2CC2)cc1. The molecule has 210 valence electrons. The van der Waals surface area contributed by atoms with Gasteiger partial charge in [0.25, 0.3) is 0 Å². The van der Waals surface area contributed by atoms with Crippen molar-refractivity contribution in [2.75, 3.05) is 6.54 Å². The molecule has 2 aliphatic carbocycles. The van der Waals surface area contributed by atoms with E-state index in [1.165, 1.54) is 9.91 Å². The fraction of sp³-hybridized carbons (Fsp3) is 0.552. The summed E-state index contributed by atoms with van der Waals surface area (Å²) in [4.78, 5) is 34.3. The lowest BCUT2D eigenvalue weighted by Crippen LogP contribution is -2.57. The second-order valence-electron chi connectivity index (χ2n) is 11.3. The molecule has 1 unspecified atom stereocenters. The van der Waals surface area contributed by atoms with Crippen LogP contribution in [0.25, 0.3) is 10.4 Å². The molecule has 2 amide bonds. The van der Waals surface area contributed by atoms with Crippen molar-refractivity contribution in [3.05, 3.63) is 52.9 Å². The minimum absolute atomic E-state index is 0.0849. The van der Waals surface area contributed by atoms with Gasteiger partial charge in [-0.25, -0.2) is 10.8 Å². The predicted octanol–water partition coefficient (Wildman–Crippen LogP) is 3.03. The van der Waals surface area contributed by atoms with Crippen LogP contribution in [0.2, 0.25) is 0 Å². The Morgan fingerprint density at radius 1 is 1.21 bits per heavy atom. The molecule has 1 saturated heterocycles. The summed E-state index contributed by atoms with van der Waals surface area (Å²) in [5.41, 5.74) is 11.8. The number of carbonyl (C=O) groups excluding carboxylic acids is 2. The van der Waals surface area contributed by atoms with E-state index in [1.807, 2.05) is 36.7 Å². The predicted molar refractivity (Wildman–Crippen MR) is 152 cm³/mol. The van der Waals surface area contributed by atoms with Gasteiger partial charge in [0.1, 0.15) is 12.1 Å². The highest BCUT2D eigenvalue weighted by molar-refractivity contribution is 7.13. The molecule has 0 radical (unpaired) electrons. The first-order valence-corrected chi connectivity index (χ1v) is 15.0. The van der Waals surface area contributed by atoms with Gasteiger partial charge in [-0.3, -0.25) is 9.59 Å². The summed E-state index contributed by atoms with van der Waals surface area (Å²) in [6, 6.07) is 6.69. The van der Waals surface area contributed by atoms with Gasteiger partial charge in [-0.1, -0.05) is 43.5 Å². The molecule has 3 fully saturated rings.